The van der Waals surface area contributed by atoms with Crippen LogP contribution in [0.1, 0.15) is 5.56 Å². The van der Waals surface area contributed by atoms with Crippen LogP contribution in [-0.2, 0) is 6.54 Å². The van der Waals surface area contributed by atoms with Crippen molar-refractivity contribution in [2.45, 2.75) is 6.54 Å². The fourth-order valence-corrected chi connectivity index (χ4v) is 2.59. The third-order valence-corrected chi connectivity index (χ3v) is 3.93. The number of rotatable bonds is 5. The van der Waals surface area contributed by atoms with Gasteiger partial charge in [0.1, 0.15) is 0 Å². The summed E-state index contributed by atoms with van der Waals surface area (Å²) in [4.78, 5) is 10.2. The molecule has 0 saturated heterocycles. The van der Waals surface area contributed by atoms with Crippen molar-refractivity contribution in [1.82, 2.24) is 9.78 Å². The molecule has 0 aliphatic heterocycles. The van der Waals surface area contributed by atoms with Crippen LogP contribution in [0.15, 0.2) is 60.8 Å². The first kappa shape index (κ1) is 17.8. The van der Waals surface area contributed by atoms with E-state index in [1.807, 2.05) is 30.5 Å². The number of hydrogen-bond donors (Lipinski definition) is 2. The molecule has 132 valence electrons. The van der Waals surface area contributed by atoms with E-state index in [9.17, 15) is 10.1 Å². The number of hydrogen-bond acceptors (Lipinski definition) is 4. The van der Waals surface area contributed by atoms with Crippen molar-refractivity contribution in [3.8, 4) is 0 Å². The van der Waals surface area contributed by atoms with Crippen LogP contribution >= 0.6 is 23.8 Å². The van der Waals surface area contributed by atoms with Crippen LogP contribution < -0.4 is 10.6 Å². The summed E-state index contributed by atoms with van der Waals surface area (Å²) < 4.78 is 1.78. The second-order valence-corrected chi connectivity index (χ2v) is 6.25. The first-order chi connectivity index (χ1) is 12.5. The van der Waals surface area contributed by atoms with Crippen molar-refractivity contribution in [1.29, 1.82) is 0 Å². The average Bonchev–Trinajstić information content (AvgIpc) is 3.04. The fraction of sp³-hybridized carbons (Fsp3) is 0.0588. The van der Waals surface area contributed by atoms with Gasteiger partial charge in [-0.3, -0.25) is 14.8 Å². The number of anilines is 2. The first-order valence-electron chi connectivity index (χ1n) is 7.60. The molecule has 0 fully saturated rings. The zero-order valence-corrected chi connectivity index (χ0v) is 15.0. The van der Waals surface area contributed by atoms with Crippen LogP contribution in [0.3, 0.4) is 0 Å². The molecule has 0 spiro atoms. The Hall–Kier alpha value is -2.97. The Morgan fingerprint density at radius 1 is 1.12 bits per heavy atom. The summed E-state index contributed by atoms with van der Waals surface area (Å²) in [7, 11) is 0. The maximum absolute atomic E-state index is 10.7. The van der Waals surface area contributed by atoms with E-state index in [-0.39, 0.29) is 5.69 Å². The van der Waals surface area contributed by atoms with Gasteiger partial charge in [-0.05, 0) is 42.0 Å². The monoisotopic (exact) mass is 387 g/mol. The molecule has 0 aliphatic rings. The van der Waals surface area contributed by atoms with Crippen LogP contribution in [0.4, 0.5) is 17.2 Å². The van der Waals surface area contributed by atoms with Gasteiger partial charge in [0, 0.05) is 35.1 Å². The summed E-state index contributed by atoms with van der Waals surface area (Å²) in [6.07, 6.45) is 1.84. The van der Waals surface area contributed by atoms with Gasteiger partial charge in [0.25, 0.3) is 5.69 Å². The highest BCUT2D eigenvalue weighted by Crippen LogP contribution is 2.16. The van der Waals surface area contributed by atoms with Crippen molar-refractivity contribution >= 4 is 46.1 Å². The van der Waals surface area contributed by atoms with Crippen LogP contribution in [0.25, 0.3) is 0 Å². The molecule has 0 aliphatic carbocycles. The quantitative estimate of drug-likeness (QED) is 0.385. The molecule has 0 atom stereocenters. The molecule has 2 aromatic carbocycles. The van der Waals surface area contributed by atoms with Crippen molar-refractivity contribution in [2.24, 2.45) is 0 Å². The molecule has 0 radical (unpaired) electrons. The smallest absolute Gasteiger partial charge is 0.269 e. The van der Waals surface area contributed by atoms with Gasteiger partial charge in [-0.15, -0.1) is 0 Å². The maximum atomic E-state index is 10.7. The fourth-order valence-electron chi connectivity index (χ4n) is 2.24. The second-order valence-electron chi connectivity index (χ2n) is 5.41. The Labute approximate surface area is 159 Å². The first-order valence-corrected chi connectivity index (χ1v) is 8.38. The van der Waals surface area contributed by atoms with Crippen LogP contribution in [0.5, 0.6) is 0 Å². The molecule has 0 saturated carbocycles. The second kappa shape index (κ2) is 7.94. The summed E-state index contributed by atoms with van der Waals surface area (Å²) in [5.41, 5.74) is 1.75. The van der Waals surface area contributed by atoms with Gasteiger partial charge in [0.15, 0.2) is 10.9 Å². The van der Waals surface area contributed by atoms with Gasteiger partial charge in [0.05, 0.1) is 11.5 Å². The molecule has 2 N–H and O–H groups in total. The van der Waals surface area contributed by atoms with Gasteiger partial charge >= 0.3 is 0 Å². The Kier molecular flexibility index (Phi) is 5.45. The molecule has 0 amide bonds. The van der Waals surface area contributed by atoms with Crippen LogP contribution in [-0.4, -0.2) is 19.8 Å². The van der Waals surface area contributed by atoms with E-state index < -0.39 is 4.92 Å². The van der Waals surface area contributed by atoms with E-state index in [0.717, 1.165) is 5.56 Å². The van der Waals surface area contributed by atoms with Crippen molar-refractivity contribution in [2.75, 3.05) is 10.6 Å². The van der Waals surface area contributed by atoms with Gasteiger partial charge in [-0.2, -0.15) is 5.10 Å². The van der Waals surface area contributed by atoms with E-state index >= 15 is 0 Å². The summed E-state index contributed by atoms with van der Waals surface area (Å²) >= 11 is 11.1. The summed E-state index contributed by atoms with van der Waals surface area (Å²) in [6, 6.07) is 15.4. The van der Waals surface area contributed by atoms with Crippen molar-refractivity contribution in [3.05, 3.63) is 81.5 Å². The highest BCUT2D eigenvalue weighted by molar-refractivity contribution is 7.80. The maximum Gasteiger partial charge on any atom is 0.269 e. The molecule has 7 nitrogen and oxygen atoms in total. The van der Waals surface area contributed by atoms with Gasteiger partial charge in [0.2, 0.25) is 0 Å². The number of nitro groups is 1. The zero-order valence-electron chi connectivity index (χ0n) is 13.4. The highest BCUT2D eigenvalue weighted by Gasteiger charge is 2.06. The number of non-ortho nitro benzene ring substituents is 1. The molecule has 9 heteroatoms. The lowest BCUT2D eigenvalue weighted by molar-refractivity contribution is -0.384. The molecule has 0 bridgehead atoms. The summed E-state index contributed by atoms with van der Waals surface area (Å²) in [6.45, 7) is 0.612. The van der Waals surface area contributed by atoms with E-state index in [1.165, 1.54) is 12.1 Å². The van der Waals surface area contributed by atoms with E-state index in [4.69, 9.17) is 23.8 Å². The minimum Gasteiger partial charge on any atom is -0.332 e. The minimum absolute atomic E-state index is 0.0235. The molecular weight excluding hydrogens is 374 g/mol. The molecule has 1 aromatic heterocycles. The molecule has 1 heterocycles. The highest BCUT2D eigenvalue weighted by atomic mass is 35.5. The Morgan fingerprint density at radius 3 is 2.46 bits per heavy atom. The molecule has 26 heavy (non-hydrogen) atoms. The largest absolute Gasteiger partial charge is 0.332 e. The molecule has 3 aromatic rings. The van der Waals surface area contributed by atoms with Gasteiger partial charge in [-0.25, -0.2) is 0 Å². The summed E-state index contributed by atoms with van der Waals surface area (Å²) in [5, 5.41) is 22.0. The minimum atomic E-state index is -0.451. The van der Waals surface area contributed by atoms with Gasteiger partial charge in [-0.1, -0.05) is 23.7 Å². The number of nitrogens with zero attached hydrogens (tertiary/aromatic N) is 3. The summed E-state index contributed by atoms with van der Waals surface area (Å²) in [5.74, 6) is 0.596. The molecule has 0 unspecified atom stereocenters. The lowest BCUT2D eigenvalue weighted by Crippen LogP contribution is -2.19. The predicted molar refractivity (Wildman–Crippen MR) is 106 cm³/mol. The zero-order chi connectivity index (χ0) is 18.5. The topological polar surface area (TPSA) is 85.0 Å². The molecular formula is C17H14ClN5O2S. The van der Waals surface area contributed by atoms with E-state index in [2.05, 4.69) is 15.7 Å². The Morgan fingerprint density at radius 2 is 1.81 bits per heavy atom. The third kappa shape index (κ3) is 4.78. The third-order valence-electron chi connectivity index (χ3n) is 3.48. The van der Waals surface area contributed by atoms with Crippen LogP contribution in [0, 0.1) is 10.1 Å². The number of nitro benzene ring substituents is 1. The van der Waals surface area contributed by atoms with E-state index in [0.29, 0.717) is 28.2 Å². The lowest BCUT2D eigenvalue weighted by atomic mass is 10.2. The number of halogens is 1. The number of nitrogens with one attached hydrogen (secondary N) is 2. The molecule has 3 rings (SSSR count). The Balaban J connectivity index is 1.57. The average molecular weight is 388 g/mol. The normalized spacial score (nSPS) is 10.3. The number of aromatic nitrogens is 2. The van der Waals surface area contributed by atoms with Crippen molar-refractivity contribution in [3.63, 3.8) is 0 Å². The van der Waals surface area contributed by atoms with E-state index in [1.54, 1.807) is 22.9 Å². The number of benzene rings is 2. The number of thiocarbonyl (C=S) groups is 1. The van der Waals surface area contributed by atoms with Crippen LogP contribution in [0.2, 0.25) is 5.02 Å². The predicted octanol–water partition coefficient (Wildman–Crippen LogP) is 4.30. The SMILES string of the molecule is O=[N+]([O-])c1ccc(NC(=S)Nc2ccn(Cc3ccc(Cl)cc3)n2)cc1. The Bertz CT molecular complexity index is 925. The van der Waals surface area contributed by atoms with Crippen molar-refractivity contribution < 1.29 is 4.92 Å². The lowest BCUT2D eigenvalue weighted by Gasteiger charge is -2.08. The van der Waals surface area contributed by atoms with Gasteiger partial charge < -0.3 is 10.6 Å². The standard InChI is InChI=1S/C17H14ClN5O2S/c18-13-3-1-12(2-4-13)11-22-10-9-16(21-22)20-17(26)19-14-5-7-15(8-6-14)23(24)25/h1-10H,11H2,(H2,19,20,21,26).